The molecule has 0 spiro atoms. The number of rotatable bonds is 6. The predicted octanol–water partition coefficient (Wildman–Crippen LogP) is 1.64. The standard InChI is InChI=1S/C12H21N3O2/c13-7-3-1-2-4-11-14-12(15-17-11)10-5-8-16-9-6-10/h10H,1-9,13H2. The number of aryl methyl sites for hydroxylation is 1. The molecule has 1 aromatic heterocycles. The molecule has 2 N–H and O–H groups in total. The van der Waals surface area contributed by atoms with Crippen LogP contribution in [-0.2, 0) is 11.2 Å². The van der Waals surface area contributed by atoms with Gasteiger partial charge in [0.2, 0.25) is 5.89 Å². The lowest BCUT2D eigenvalue weighted by molar-refractivity contribution is 0.0830. The maximum atomic E-state index is 5.45. The maximum Gasteiger partial charge on any atom is 0.226 e. The SMILES string of the molecule is NCCCCCc1nc(C2CCOCC2)no1. The summed E-state index contributed by atoms with van der Waals surface area (Å²) in [6, 6.07) is 0. The molecule has 0 atom stereocenters. The highest BCUT2D eigenvalue weighted by molar-refractivity contribution is 4.96. The molecule has 2 rings (SSSR count). The van der Waals surface area contributed by atoms with E-state index in [0.717, 1.165) is 70.0 Å². The first kappa shape index (κ1) is 12.5. The molecule has 0 radical (unpaired) electrons. The van der Waals surface area contributed by atoms with Crippen LogP contribution in [0.1, 0.15) is 49.7 Å². The summed E-state index contributed by atoms with van der Waals surface area (Å²) in [6.45, 7) is 2.38. The van der Waals surface area contributed by atoms with Gasteiger partial charge < -0.3 is 15.0 Å². The van der Waals surface area contributed by atoms with E-state index < -0.39 is 0 Å². The van der Waals surface area contributed by atoms with Crippen LogP contribution < -0.4 is 5.73 Å². The first-order chi connectivity index (χ1) is 8.40. The van der Waals surface area contributed by atoms with Crippen molar-refractivity contribution in [3.63, 3.8) is 0 Å². The fourth-order valence-electron chi connectivity index (χ4n) is 2.09. The van der Waals surface area contributed by atoms with Gasteiger partial charge in [0, 0.05) is 25.6 Å². The second-order valence-electron chi connectivity index (χ2n) is 4.53. The quantitative estimate of drug-likeness (QED) is 0.764. The molecule has 0 saturated carbocycles. The minimum absolute atomic E-state index is 0.422. The number of hydrogen-bond donors (Lipinski definition) is 1. The first-order valence-corrected chi connectivity index (χ1v) is 6.50. The molecule has 0 aliphatic carbocycles. The topological polar surface area (TPSA) is 74.2 Å². The monoisotopic (exact) mass is 239 g/mol. The van der Waals surface area contributed by atoms with Crippen LogP contribution in [0.3, 0.4) is 0 Å². The Kier molecular flexibility index (Phi) is 4.94. The van der Waals surface area contributed by atoms with Gasteiger partial charge in [0.15, 0.2) is 5.82 Å². The molecule has 1 aliphatic heterocycles. The summed E-state index contributed by atoms with van der Waals surface area (Å²) < 4.78 is 10.6. The lowest BCUT2D eigenvalue weighted by Gasteiger charge is -2.18. The van der Waals surface area contributed by atoms with Gasteiger partial charge in [0.05, 0.1) is 0 Å². The number of unbranched alkanes of at least 4 members (excludes halogenated alkanes) is 2. The Bertz CT molecular complexity index is 321. The van der Waals surface area contributed by atoms with Crippen molar-refractivity contribution in [2.24, 2.45) is 5.73 Å². The average Bonchev–Trinajstić information content (AvgIpc) is 2.85. The third-order valence-electron chi connectivity index (χ3n) is 3.17. The van der Waals surface area contributed by atoms with Crippen molar-refractivity contribution in [2.75, 3.05) is 19.8 Å². The van der Waals surface area contributed by atoms with Crippen LogP contribution >= 0.6 is 0 Å². The number of hydrogen-bond acceptors (Lipinski definition) is 5. The van der Waals surface area contributed by atoms with E-state index in [1.807, 2.05) is 0 Å². The van der Waals surface area contributed by atoms with Gasteiger partial charge in [-0.25, -0.2) is 0 Å². The molecule has 1 saturated heterocycles. The van der Waals surface area contributed by atoms with Gasteiger partial charge in [0.1, 0.15) is 0 Å². The molecule has 5 nitrogen and oxygen atoms in total. The summed E-state index contributed by atoms with van der Waals surface area (Å²) in [6.07, 6.45) is 6.16. The van der Waals surface area contributed by atoms with E-state index in [4.69, 9.17) is 15.0 Å². The summed E-state index contributed by atoms with van der Waals surface area (Å²) in [7, 11) is 0. The zero-order valence-electron chi connectivity index (χ0n) is 10.2. The normalized spacial score (nSPS) is 17.5. The second-order valence-corrected chi connectivity index (χ2v) is 4.53. The molecule has 5 heteroatoms. The maximum absolute atomic E-state index is 5.45. The van der Waals surface area contributed by atoms with Crippen molar-refractivity contribution < 1.29 is 9.26 Å². The molecular formula is C12H21N3O2. The highest BCUT2D eigenvalue weighted by Crippen LogP contribution is 2.24. The Balaban J connectivity index is 1.78. The van der Waals surface area contributed by atoms with Crippen LogP contribution in [0.4, 0.5) is 0 Å². The van der Waals surface area contributed by atoms with E-state index in [2.05, 4.69) is 10.1 Å². The summed E-state index contributed by atoms with van der Waals surface area (Å²) in [5.74, 6) is 2.05. The van der Waals surface area contributed by atoms with Crippen molar-refractivity contribution >= 4 is 0 Å². The average molecular weight is 239 g/mol. The van der Waals surface area contributed by atoms with Gasteiger partial charge in [-0.3, -0.25) is 0 Å². The summed E-state index contributed by atoms with van der Waals surface area (Å²) in [5.41, 5.74) is 5.45. The third-order valence-corrected chi connectivity index (χ3v) is 3.17. The largest absolute Gasteiger partial charge is 0.381 e. The number of aromatic nitrogens is 2. The van der Waals surface area contributed by atoms with Crippen molar-refractivity contribution in [3.8, 4) is 0 Å². The van der Waals surface area contributed by atoms with Crippen molar-refractivity contribution in [2.45, 2.75) is 44.4 Å². The lowest BCUT2D eigenvalue weighted by Crippen LogP contribution is -2.15. The van der Waals surface area contributed by atoms with Crippen molar-refractivity contribution in [1.82, 2.24) is 10.1 Å². The van der Waals surface area contributed by atoms with Crippen LogP contribution in [0, 0.1) is 0 Å². The lowest BCUT2D eigenvalue weighted by atomic mass is 10.00. The van der Waals surface area contributed by atoms with Crippen LogP contribution in [0.25, 0.3) is 0 Å². The minimum atomic E-state index is 0.422. The van der Waals surface area contributed by atoms with Crippen LogP contribution in [0.15, 0.2) is 4.52 Å². The van der Waals surface area contributed by atoms with Crippen LogP contribution in [-0.4, -0.2) is 29.9 Å². The van der Waals surface area contributed by atoms with Gasteiger partial charge in [0.25, 0.3) is 0 Å². The first-order valence-electron chi connectivity index (χ1n) is 6.50. The number of nitrogens with two attached hydrogens (primary N) is 1. The van der Waals surface area contributed by atoms with Crippen LogP contribution in [0.5, 0.6) is 0 Å². The molecule has 0 amide bonds. The zero-order valence-corrected chi connectivity index (χ0v) is 10.2. The molecule has 2 heterocycles. The van der Waals surface area contributed by atoms with E-state index in [0.29, 0.717) is 5.92 Å². The Morgan fingerprint density at radius 2 is 2.00 bits per heavy atom. The van der Waals surface area contributed by atoms with Gasteiger partial charge in [-0.2, -0.15) is 4.98 Å². The summed E-state index contributed by atoms with van der Waals surface area (Å²) in [5, 5.41) is 4.07. The molecule has 1 aromatic rings. The number of ether oxygens (including phenoxy) is 1. The van der Waals surface area contributed by atoms with Crippen molar-refractivity contribution in [1.29, 1.82) is 0 Å². The summed E-state index contributed by atoms with van der Waals surface area (Å²) >= 11 is 0. The van der Waals surface area contributed by atoms with Gasteiger partial charge >= 0.3 is 0 Å². The smallest absolute Gasteiger partial charge is 0.226 e. The predicted molar refractivity (Wildman–Crippen MR) is 63.7 cm³/mol. The fraction of sp³-hybridized carbons (Fsp3) is 0.833. The van der Waals surface area contributed by atoms with E-state index in [9.17, 15) is 0 Å². The molecule has 96 valence electrons. The van der Waals surface area contributed by atoms with E-state index in [1.165, 1.54) is 0 Å². The molecule has 1 aliphatic rings. The van der Waals surface area contributed by atoms with Gasteiger partial charge in [-0.1, -0.05) is 11.6 Å². The fourth-order valence-corrected chi connectivity index (χ4v) is 2.09. The molecule has 0 unspecified atom stereocenters. The Labute approximate surface area is 102 Å². The van der Waals surface area contributed by atoms with Gasteiger partial charge in [-0.05, 0) is 32.2 Å². The Hall–Kier alpha value is -0.940. The molecular weight excluding hydrogens is 218 g/mol. The highest BCUT2D eigenvalue weighted by Gasteiger charge is 2.20. The van der Waals surface area contributed by atoms with Crippen LogP contribution in [0.2, 0.25) is 0 Å². The molecule has 17 heavy (non-hydrogen) atoms. The Morgan fingerprint density at radius 3 is 2.76 bits per heavy atom. The minimum Gasteiger partial charge on any atom is -0.381 e. The second kappa shape index (κ2) is 6.71. The van der Waals surface area contributed by atoms with E-state index in [1.54, 1.807) is 0 Å². The van der Waals surface area contributed by atoms with Crippen molar-refractivity contribution in [3.05, 3.63) is 11.7 Å². The highest BCUT2D eigenvalue weighted by atomic mass is 16.5. The zero-order chi connectivity index (χ0) is 11.9. The molecule has 1 fully saturated rings. The molecule has 0 bridgehead atoms. The van der Waals surface area contributed by atoms with E-state index in [-0.39, 0.29) is 0 Å². The van der Waals surface area contributed by atoms with Gasteiger partial charge in [-0.15, -0.1) is 0 Å². The summed E-state index contributed by atoms with van der Waals surface area (Å²) in [4.78, 5) is 4.47. The van der Waals surface area contributed by atoms with E-state index >= 15 is 0 Å². The molecule has 0 aromatic carbocycles. The third kappa shape index (κ3) is 3.78. The Morgan fingerprint density at radius 1 is 1.18 bits per heavy atom. The number of nitrogens with zero attached hydrogens (tertiary/aromatic N) is 2.